The average molecular weight is 263 g/mol. The van der Waals surface area contributed by atoms with Crippen LogP contribution in [0.25, 0.3) is 6.08 Å². The maximum Gasteiger partial charge on any atom is 0.368 e. The van der Waals surface area contributed by atoms with E-state index < -0.39 is 5.97 Å². The van der Waals surface area contributed by atoms with Gasteiger partial charge in [-0.05, 0) is 18.6 Å². The number of rotatable bonds is 2. The molecule has 0 bridgehead atoms. The lowest BCUT2D eigenvalue weighted by molar-refractivity contribution is -0.136. The molecule has 0 aromatic heterocycles. The van der Waals surface area contributed by atoms with Crippen LogP contribution in [0.5, 0.6) is 0 Å². The Morgan fingerprint density at radius 2 is 1.70 bits per heavy atom. The predicted octanol–water partition coefficient (Wildman–Crippen LogP) is 3.34. The van der Waals surface area contributed by atoms with E-state index in [1.807, 2.05) is 61.5 Å². The second kappa shape index (κ2) is 5.13. The summed E-state index contributed by atoms with van der Waals surface area (Å²) in [6, 6.07) is 17.5. The lowest BCUT2D eigenvalue weighted by Gasteiger charge is -2.01. The van der Waals surface area contributed by atoms with Crippen molar-refractivity contribution in [2.45, 2.75) is 6.92 Å². The summed E-state index contributed by atoms with van der Waals surface area (Å²) >= 11 is 0. The van der Waals surface area contributed by atoms with Gasteiger partial charge < -0.3 is 4.84 Å². The lowest BCUT2D eigenvalue weighted by atomic mass is 10.00. The monoisotopic (exact) mass is 263 g/mol. The van der Waals surface area contributed by atoms with E-state index >= 15 is 0 Å². The van der Waals surface area contributed by atoms with Gasteiger partial charge in [-0.2, -0.15) is 0 Å². The molecular formula is C17H13NO2. The molecule has 0 radical (unpaired) electrons. The predicted molar refractivity (Wildman–Crippen MR) is 78.2 cm³/mol. The molecule has 0 aliphatic carbocycles. The molecule has 3 heteroatoms. The number of nitrogens with zero attached hydrogens (tertiary/aromatic N) is 1. The summed E-state index contributed by atoms with van der Waals surface area (Å²) in [5, 5.41) is 3.89. The first-order valence-corrected chi connectivity index (χ1v) is 6.37. The Morgan fingerprint density at radius 1 is 1.00 bits per heavy atom. The number of benzene rings is 2. The number of aryl methyl sites for hydroxylation is 1. The molecule has 0 atom stereocenters. The van der Waals surface area contributed by atoms with Crippen molar-refractivity contribution >= 4 is 17.8 Å². The van der Waals surface area contributed by atoms with Crippen LogP contribution in [0, 0.1) is 6.92 Å². The minimum atomic E-state index is -0.413. The summed E-state index contributed by atoms with van der Waals surface area (Å²) in [6.45, 7) is 2.02. The van der Waals surface area contributed by atoms with Gasteiger partial charge in [0.2, 0.25) is 0 Å². The van der Waals surface area contributed by atoms with Gasteiger partial charge in [0.05, 0.1) is 5.57 Å². The first kappa shape index (κ1) is 12.4. The van der Waals surface area contributed by atoms with Gasteiger partial charge in [0, 0.05) is 5.56 Å². The van der Waals surface area contributed by atoms with Crippen LogP contribution in [-0.4, -0.2) is 11.7 Å². The van der Waals surface area contributed by atoms with Crippen molar-refractivity contribution in [2.75, 3.05) is 0 Å². The standard InChI is InChI=1S/C17H13NO2/c1-12-7-9-14(10-8-12)16-15(17(19)20-18-16)11-13-5-3-2-4-6-13/h2-11H,1H3/b15-11-. The van der Waals surface area contributed by atoms with Crippen LogP contribution in [0.4, 0.5) is 0 Å². The van der Waals surface area contributed by atoms with E-state index in [0.29, 0.717) is 11.3 Å². The third-order valence-corrected chi connectivity index (χ3v) is 3.13. The molecule has 0 unspecified atom stereocenters. The summed E-state index contributed by atoms with van der Waals surface area (Å²) in [4.78, 5) is 16.6. The molecule has 0 spiro atoms. The number of hydrogen-bond acceptors (Lipinski definition) is 3. The highest BCUT2D eigenvalue weighted by atomic mass is 16.7. The first-order valence-electron chi connectivity index (χ1n) is 6.37. The summed E-state index contributed by atoms with van der Waals surface area (Å²) in [7, 11) is 0. The van der Waals surface area contributed by atoms with E-state index in [9.17, 15) is 4.79 Å². The summed E-state index contributed by atoms with van der Waals surface area (Å²) in [6.07, 6.45) is 1.80. The molecular weight excluding hydrogens is 250 g/mol. The summed E-state index contributed by atoms with van der Waals surface area (Å²) < 4.78 is 0. The van der Waals surface area contributed by atoms with E-state index in [-0.39, 0.29) is 0 Å². The molecule has 3 nitrogen and oxygen atoms in total. The lowest BCUT2D eigenvalue weighted by Crippen LogP contribution is -2.06. The Labute approximate surface area is 117 Å². The molecule has 1 heterocycles. The molecule has 98 valence electrons. The fraction of sp³-hybridized carbons (Fsp3) is 0.0588. The van der Waals surface area contributed by atoms with Crippen molar-refractivity contribution in [3.05, 3.63) is 76.9 Å². The van der Waals surface area contributed by atoms with Gasteiger partial charge >= 0.3 is 5.97 Å². The normalized spacial score (nSPS) is 16.1. The molecule has 3 rings (SSSR count). The zero-order chi connectivity index (χ0) is 13.9. The molecule has 2 aromatic carbocycles. The number of carbonyl (C=O) groups excluding carboxylic acids is 1. The van der Waals surface area contributed by atoms with Gasteiger partial charge in [-0.15, -0.1) is 0 Å². The van der Waals surface area contributed by atoms with Gasteiger partial charge in [-0.25, -0.2) is 4.79 Å². The maximum atomic E-state index is 11.8. The average Bonchev–Trinajstić information content (AvgIpc) is 2.83. The van der Waals surface area contributed by atoms with Crippen LogP contribution < -0.4 is 0 Å². The second-order valence-electron chi connectivity index (χ2n) is 4.65. The van der Waals surface area contributed by atoms with E-state index in [2.05, 4.69) is 5.16 Å². The highest BCUT2D eigenvalue weighted by Crippen LogP contribution is 2.20. The first-order chi connectivity index (χ1) is 9.74. The minimum absolute atomic E-state index is 0.413. The Bertz CT molecular complexity index is 698. The Morgan fingerprint density at radius 3 is 2.40 bits per heavy atom. The second-order valence-corrected chi connectivity index (χ2v) is 4.65. The quantitative estimate of drug-likeness (QED) is 0.615. The molecule has 1 aliphatic rings. The fourth-order valence-electron chi connectivity index (χ4n) is 2.04. The van der Waals surface area contributed by atoms with Crippen LogP contribution in [0.1, 0.15) is 16.7 Å². The van der Waals surface area contributed by atoms with Gasteiger partial charge in [-0.1, -0.05) is 65.3 Å². The van der Waals surface area contributed by atoms with Gasteiger partial charge in [-0.3, -0.25) is 0 Å². The van der Waals surface area contributed by atoms with Crippen molar-refractivity contribution in [3.63, 3.8) is 0 Å². The zero-order valence-corrected chi connectivity index (χ0v) is 11.0. The van der Waals surface area contributed by atoms with E-state index in [1.165, 1.54) is 0 Å². The molecule has 2 aromatic rings. The van der Waals surface area contributed by atoms with Crippen molar-refractivity contribution < 1.29 is 9.63 Å². The van der Waals surface area contributed by atoms with E-state index in [1.54, 1.807) is 6.08 Å². The molecule has 20 heavy (non-hydrogen) atoms. The zero-order valence-electron chi connectivity index (χ0n) is 11.0. The molecule has 0 amide bonds. The van der Waals surface area contributed by atoms with Crippen molar-refractivity contribution in [1.82, 2.24) is 0 Å². The Hall–Kier alpha value is -2.68. The minimum Gasteiger partial charge on any atom is -0.312 e. The molecule has 0 N–H and O–H groups in total. The van der Waals surface area contributed by atoms with Crippen LogP contribution in [0.3, 0.4) is 0 Å². The van der Waals surface area contributed by atoms with Crippen molar-refractivity contribution in [1.29, 1.82) is 0 Å². The number of oxime groups is 1. The number of hydrogen-bond donors (Lipinski definition) is 0. The topological polar surface area (TPSA) is 38.7 Å². The van der Waals surface area contributed by atoms with Crippen LogP contribution in [0.15, 0.2) is 65.3 Å². The molecule has 0 saturated heterocycles. The fourth-order valence-corrected chi connectivity index (χ4v) is 2.04. The SMILES string of the molecule is Cc1ccc(C2=NOC(=O)/C2=C\c2ccccc2)cc1. The number of carbonyl (C=O) groups is 1. The van der Waals surface area contributed by atoms with E-state index in [4.69, 9.17) is 4.84 Å². The van der Waals surface area contributed by atoms with Gasteiger partial charge in [0.25, 0.3) is 0 Å². The smallest absolute Gasteiger partial charge is 0.312 e. The van der Waals surface area contributed by atoms with Crippen LogP contribution >= 0.6 is 0 Å². The third-order valence-electron chi connectivity index (χ3n) is 3.13. The highest BCUT2D eigenvalue weighted by molar-refractivity contribution is 6.31. The highest BCUT2D eigenvalue weighted by Gasteiger charge is 2.26. The van der Waals surface area contributed by atoms with E-state index in [0.717, 1.165) is 16.7 Å². The molecule has 0 saturated carbocycles. The van der Waals surface area contributed by atoms with Crippen LogP contribution in [-0.2, 0) is 9.63 Å². The third kappa shape index (κ3) is 2.38. The van der Waals surface area contributed by atoms with Crippen molar-refractivity contribution in [3.8, 4) is 0 Å². The van der Waals surface area contributed by atoms with Crippen LogP contribution in [0.2, 0.25) is 0 Å². The van der Waals surface area contributed by atoms with Gasteiger partial charge in [0.15, 0.2) is 0 Å². The molecule has 1 aliphatic heterocycles. The summed E-state index contributed by atoms with van der Waals surface area (Å²) in [5.41, 5.74) is 4.05. The Balaban J connectivity index is 2.01. The largest absolute Gasteiger partial charge is 0.368 e. The molecule has 0 fully saturated rings. The van der Waals surface area contributed by atoms with Gasteiger partial charge in [0.1, 0.15) is 5.71 Å². The Kier molecular flexibility index (Phi) is 3.17. The van der Waals surface area contributed by atoms with Crippen molar-refractivity contribution in [2.24, 2.45) is 5.16 Å². The maximum absolute atomic E-state index is 11.8. The summed E-state index contributed by atoms with van der Waals surface area (Å²) in [5.74, 6) is -0.413.